The molecule has 0 N–H and O–H groups in total. The Balaban J connectivity index is 2.16. The van der Waals surface area contributed by atoms with Crippen LogP contribution in [0.2, 0.25) is 0 Å². The molecule has 0 amide bonds. The van der Waals surface area contributed by atoms with Gasteiger partial charge < -0.3 is 0 Å². The van der Waals surface area contributed by atoms with Gasteiger partial charge in [0, 0.05) is 24.7 Å². The molecular weight excluding hydrogens is 204 g/mol. The molecule has 0 heterocycles. The number of benzene rings is 1. The van der Waals surface area contributed by atoms with E-state index >= 15 is 0 Å². The Morgan fingerprint density at radius 2 is 2.12 bits per heavy atom. The zero-order chi connectivity index (χ0) is 11.7. The molecule has 1 aliphatic rings. The van der Waals surface area contributed by atoms with Gasteiger partial charge >= 0.3 is 0 Å². The highest BCUT2D eigenvalue weighted by Gasteiger charge is 2.26. The van der Waals surface area contributed by atoms with Crippen LogP contribution in [0.4, 0.5) is 5.69 Å². The van der Waals surface area contributed by atoms with Crippen molar-refractivity contribution in [3.8, 4) is 0 Å². The summed E-state index contributed by atoms with van der Waals surface area (Å²) in [6.07, 6.45) is 2.51. The smallest absolute Gasteiger partial charge is 0.270 e. The topological polar surface area (TPSA) is 46.4 Å². The maximum Gasteiger partial charge on any atom is 0.270 e. The number of nitro groups is 1. The van der Waals surface area contributed by atoms with Crippen molar-refractivity contribution in [2.45, 2.75) is 32.4 Å². The molecule has 0 bridgehead atoms. The van der Waals surface area contributed by atoms with E-state index in [1.807, 2.05) is 13.0 Å². The number of rotatable bonds is 4. The molecule has 1 aromatic rings. The number of nitrogens with zero attached hydrogens (tertiary/aromatic N) is 2. The van der Waals surface area contributed by atoms with Gasteiger partial charge in [-0.25, -0.2) is 0 Å². The van der Waals surface area contributed by atoms with E-state index < -0.39 is 0 Å². The standard InChI is InChI=1S/C12H16N2O2/c1-9-5-10(7-12(6-9)14(15)16)8-13(2)11-3-4-11/h5-7,11H,3-4,8H2,1-2H3. The summed E-state index contributed by atoms with van der Waals surface area (Å²) in [5.74, 6) is 0. The van der Waals surface area contributed by atoms with Gasteiger partial charge in [-0.2, -0.15) is 0 Å². The molecule has 1 saturated carbocycles. The van der Waals surface area contributed by atoms with Gasteiger partial charge in [-0.05, 0) is 37.9 Å². The first-order valence-corrected chi connectivity index (χ1v) is 5.51. The Morgan fingerprint density at radius 1 is 1.44 bits per heavy atom. The summed E-state index contributed by atoms with van der Waals surface area (Å²) in [7, 11) is 2.08. The SMILES string of the molecule is Cc1cc(CN(C)C2CC2)cc([N+](=O)[O-])c1. The van der Waals surface area contributed by atoms with Gasteiger partial charge in [-0.1, -0.05) is 6.07 Å². The highest BCUT2D eigenvalue weighted by molar-refractivity contribution is 5.38. The highest BCUT2D eigenvalue weighted by atomic mass is 16.6. The van der Waals surface area contributed by atoms with Crippen LogP contribution in [0.3, 0.4) is 0 Å². The minimum Gasteiger partial charge on any atom is -0.299 e. The number of hydrogen-bond acceptors (Lipinski definition) is 3. The van der Waals surface area contributed by atoms with Crippen LogP contribution in [0.1, 0.15) is 24.0 Å². The largest absolute Gasteiger partial charge is 0.299 e. The average Bonchev–Trinajstić information content (AvgIpc) is 2.99. The Labute approximate surface area is 95.0 Å². The molecule has 0 saturated heterocycles. The Hall–Kier alpha value is -1.42. The lowest BCUT2D eigenvalue weighted by Crippen LogP contribution is -2.19. The zero-order valence-electron chi connectivity index (χ0n) is 9.64. The predicted octanol–water partition coefficient (Wildman–Crippen LogP) is 2.50. The van der Waals surface area contributed by atoms with Crippen LogP contribution < -0.4 is 0 Å². The minimum atomic E-state index is -0.326. The van der Waals surface area contributed by atoms with Crippen molar-refractivity contribution in [3.63, 3.8) is 0 Å². The molecule has 1 aliphatic carbocycles. The fraction of sp³-hybridized carbons (Fsp3) is 0.500. The highest BCUT2D eigenvalue weighted by Crippen LogP contribution is 2.27. The molecule has 0 spiro atoms. The third-order valence-electron chi connectivity index (χ3n) is 2.93. The second-order valence-electron chi connectivity index (χ2n) is 4.58. The Bertz CT molecular complexity index is 413. The van der Waals surface area contributed by atoms with E-state index in [1.165, 1.54) is 12.8 Å². The van der Waals surface area contributed by atoms with Gasteiger partial charge in [-0.3, -0.25) is 15.0 Å². The Kier molecular flexibility index (Phi) is 2.92. The van der Waals surface area contributed by atoms with Crippen LogP contribution in [0.25, 0.3) is 0 Å². The number of nitro benzene ring substituents is 1. The van der Waals surface area contributed by atoms with Gasteiger partial charge in [0.25, 0.3) is 5.69 Å². The van der Waals surface area contributed by atoms with E-state index in [9.17, 15) is 10.1 Å². The molecule has 0 radical (unpaired) electrons. The lowest BCUT2D eigenvalue weighted by molar-refractivity contribution is -0.385. The van der Waals surface area contributed by atoms with Crippen molar-refractivity contribution in [2.24, 2.45) is 0 Å². The molecule has 0 unspecified atom stereocenters. The first kappa shape index (κ1) is 11.1. The number of aryl methyl sites for hydroxylation is 1. The molecule has 1 fully saturated rings. The second-order valence-corrected chi connectivity index (χ2v) is 4.58. The summed E-state index contributed by atoms with van der Waals surface area (Å²) in [6.45, 7) is 2.70. The summed E-state index contributed by atoms with van der Waals surface area (Å²) in [5.41, 5.74) is 2.17. The van der Waals surface area contributed by atoms with E-state index in [-0.39, 0.29) is 10.6 Å². The molecule has 86 valence electrons. The van der Waals surface area contributed by atoms with Crippen LogP contribution in [-0.4, -0.2) is 22.9 Å². The van der Waals surface area contributed by atoms with Crippen molar-refractivity contribution in [3.05, 3.63) is 39.4 Å². The fourth-order valence-corrected chi connectivity index (χ4v) is 1.97. The van der Waals surface area contributed by atoms with Gasteiger partial charge in [0.15, 0.2) is 0 Å². The van der Waals surface area contributed by atoms with E-state index in [2.05, 4.69) is 11.9 Å². The summed E-state index contributed by atoms with van der Waals surface area (Å²) < 4.78 is 0. The van der Waals surface area contributed by atoms with E-state index in [4.69, 9.17) is 0 Å². The van der Waals surface area contributed by atoms with Crippen LogP contribution in [0, 0.1) is 17.0 Å². The van der Waals surface area contributed by atoms with Crippen LogP contribution in [0.5, 0.6) is 0 Å². The summed E-state index contributed by atoms with van der Waals surface area (Å²) in [5, 5.41) is 10.7. The molecule has 0 aliphatic heterocycles. The van der Waals surface area contributed by atoms with Gasteiger partial charge in [0.05, 0.1) is 4.92 Å². The van der Waals surface area contributed by atoms with Crippen molar-refractivity contribution in [1.29, 1.82) is 0 Å². The quantitative estimate of drug-likeness (QED) is 0.578. The van der Waals surface area contributed by atoms with E-state index in [1.54, 1.807) is 12.1 Å². The van der Waals surface area contributed by atoms with Crippen molar-refractivity contribution in [1.82, 2.24) is 4.90 Å². The molecule has 4 heteroatoms. The number of hydrogen-bond donors (Lipinski definition) is 0. The van der Waals surface area contributed by atoms with Gasteiger partial charge in [0.2, 0.25) is 0 Å². The van der Waals surface area contributed by atoms with Gasteiger partial charge in [0.1, 0.15) is 0 Å². The average molecular weight is 220 g/mol. The summed E-state index contributed by atoms with van der Waals surface area (Å²) in [4.78, 5) is 12.7. The van der Waals surface area contributed by atoms with Gasteiger partial charge in [-0.15, -0.1) is 0 Å². The van der Waals surface area contributed by atoms with Crippen molar-refractivity contribution >= 4 is 5.69 Å². The molecule has 1 aromatic carbocycles. The van der Waals surface area contributed by atoms with Crippen LogP contribution >= 0.6 is 0 Å². The lowest BCUT2D eigenvalue weighted by atomic mass is 10.1. The molecule has 0 atom stereocenters. The Morgan fingerprint density at radius 3 is 2.69 bits per heavy atom. The van der Waals surface area contributed by atoms with E-state index in [0.29, 0.717) is 6.04 Å². The second kappa shape index (κ2) is 4.22. The lowest BCUT2D eigenvalue weighted by Gasteiger charge is -2.15. The normalized spacial score (nSPS) is 15.4. The first-order chi connectivity index (χ1) is 7.56. The van der Waals surface area contributed by atoms with E-state index in [0.717, 1.165) is 17.7 Å². The fourth-order valence-electron chi connectivity index (χ4n) is 1.97. The number of non-ortho nitro benzene ring substituents is 1. The first-order valence-electron chi connectivity index (χ1n) is 5.51. The maximum absolute atomic E-state index is 10.7. The molecule has 0 aromatic heterocycles. The summed E-state index contributed by atoms with van der Waals surface area (Å²) >= 11 is 0. The van der Waals surface area contributed by atoms with Crippen LogP contribution in [0.15, 0.2) is 18.2 Å². The monoisotopic (exact) mass is 220 g/mol. The third-order valence-corrected chi connectivity index (χ3v) is 2.93. The van der Waals surface area contributed by atoms with Crippen molar-refractivity contribution < 1.29 is 4.92 Å². The summed E-state index contributed by atoms with van der Waals surface area (Å²) in [6, 6.07) is 5.98. The molecular formula is C12H16N2O2. The molecule has 2 rings (SSSR count). The zero-order valence-corrected chi connectivity index (χ0v) is 9.64. The molecule has 4 nitrogen and oxygen atoms in total. The minimum absolute atomic E-state index is 0.194. The maximum atomic E-state index is 10.7. The predicted molar refractivity (Wildman–Crippen MR) is 62.3 cm³/mol. The molecule has 16 heavy (non-hydrogen) atoms. The van der Waals surface area contributed by atoms with Crippen molar-refractivity contribution in [2.75, 3.05) is 7.05 Å². The third kappa shape index (κ3) is 2.58. The van der Waals surface area contributed by atoms with Crippen LogP contribution in [-0.2, 0) is 6.54 Å².